The maximum absolute atomic E-state index is 13.3. The van der Waals surface area contributed by atoms with Gasteiger partial charge in [-0.15, -0.1) is 0 Å². The van der Waals surface area contributed by atoms with E-state index in [4.69, 9.17) is 0 Å². The summed E-state index contributed by atoms with van der Waals surface area (Å²) in [6.45, 7) is 4.04. The van der Waals surface area contributed by atoms with Gasteiger partial charge < -0.3 is 15.3 Å². The fourth-order valence-corrected chi connectivity index (χ4v) is 4.20. The molecule has 4 aromatic rings. The second-order valence-corrected chi connectivity index (χ2v) is 8.66. The normalized spacial score (nSPS) is 12.1. The molecule has 4 rings (SSSR count). The number of pyridine rings is 1. The van der Waals surface area contributed by atoms with Crippen molar-refractivity contribution in [3.63, 3.8) is 0 Å². The molecule has 0 fully saturated rings. The lowest BCUT2D eigenvalue weighted by molar-refractivity contribution is 0.0936. The number of aromatic nitrogens is 4. The van der Waals surface area contributed by atoms with E-state index < -0.39 is 6.04 Å². The van der Waals surface area contributed by atoms with Crippen LogP contribution in [0.2, 0.25) is 0 Å². The van der Waals surface area contributed by atoms with E-state index >= 15 is 0 Å². The number of aryl methyl sites for hydroxylation is 2. The van der Waals surface area contributed by atoms with E-state index in [0.29, 0.717) is 29.1 Å². The van der Waals surface area contributed by atoms with Crippen molar-refractivity contribution < 1.29 is 4.79 Å². The summed E-state index contributed by atoms with van der Waals surface area (Å²) in [5, 5.41) is 4.14. The third-order valence-corrected chi connectivity index (χ3v) is 6.20. The second-order valence-electron chi connectivity index (χ2n) is 7.67. The van der Waals surface area contributed by atoms with Crippen molar-refractivity contribution in [3.8, 4) is 11.4 Å². The van der Waals surface area contributed by atoms with E-state index in [9.17, 15) is 9.59 Å². The van der Waals surface area contributed by atoms with Gasteiger partial charge in [0, 0.05) is 35.1 Å². The first-order chi connectivity index (χ1) is 15.5. The Morgan fingerprint density at radius 2 is 2.03 bits per heavy atom. The number of carbonyl (C=O) groups is 1. The van der Waals surface area contributed by atoms with E-state index in [-0.39, 0.29) is 11.5 Å². The Bertz CT molecular complexity index is 1310. The SMILES string of the molecule is CSCC[C@@H](NC(=O)c1cccc2c(C)c(C)[nH]c12)c1cc(=O)[nH]c(-c2cccnc2)n1. The molecule has 3 heterocycles. The van der Waals surface area contributed by atoms with Gasteiger partial charge in [0.15, 0.2) is 0 Å². The van der Waals surface area contributed by atoms with Gasteiger partial charge in [-0.3, -0.25) is 14.6 Å². The van der Waals surface area contributed by atoms with Crippen LogP contribution in [-0.2, 0) is 0 Å². The molecular weight excluding hydrogens is 422 g/mol. The first-order valence-corrected chi connectivity index (χ1v) is 11.8. The van der Waals surface area contributed by atoms with Gasteiger partial charge in [-0.2, -0.15) is 11.8 Å². The Kier molecular flexibility index (Phi) is 6.41. The number of aromatic amines is 2. The minimum atomic E-state index is -0.403. The molecule has 3 N–H and O–H groups in total. The van der Waals surface area contributed by atoms with Gasteiger partial charge in [0.1, 0.15) is 5.82 Å². The molecule has 3 aromatic heterocycles. The van der Waals surface area contributed by atoms with Crippen LogP contribution in [0.4, 0.5) is 0 Å². The Morgan fingerprint density at radius 3 is 2.78 bits per heavy atom. The Hall–Kier alpha value is -3.39. The monoisotopic (exact) mass is 447 g/mol. The third-order valence-electron chi connectivity index (χ3n) is 5.56. The summed E-state index contributed by atoms with van der Waals surface area (Å²) in [5.74, 6) is 1.04. The molecule has 8 heteroatoms. The molecule has 0 aliphatic rings. The Morgan fingerprint density at radius 1 is 1.19 bits per heavy atom. The number of nitrogens with one attached hydrogen (secondary N) is 3. The predicted molar refractivity (Wildman–Crippen MR) is 129 cm³/mol. The van der Waals surface area contributed by atoms with E-state index in [0.717, 1.165) is 27.9 Å². The quantitative estimate of drug-likeness (QED) is 0.395. The number of carbonyl (C=O) groups excluding carboxylic acids is 1. The van der Waals surface area contributed by atoms with Gasteiger partial charge >= 0.3 is 0 Å². The summed E-state index contributed by atoms with van der Waals surface area (Å²) in [6, 6.07) is 10.4. The lowest BCUT2D eigenvalue weighted by Crippen LogP contribution is -2.31. The Balaban J connectivity index is 1.70. The first-order valence-electron chi connectivity index (χ1n) is 10.4. The molecule has 0 radical (unpaired) electrons. The van der Waals surface area contributed by atoms with Crippen molar-refractivity contribution in [2.45, 2.75) is 26.3 Å². The predicted octanol–water partition coefficient (Wildman–Crippen LogP) is 4.15. The number of amides is 1. The van der Waals surface area contributed by atoms with Crippen molar-refractivity contribution >= 4 is 28.6 Å². The number of hydrogen-bond donors (Lipinski definition) is 3. The van der Waals surface area contributed by atoms with Gasteiger partial charge in [-0.25, -0.2) is 4.98 Å². The summed E-state index contributed by atoms with van der Waals surface area (Å²) in [7, 11) is 0. The Labute approximate surface area is 190 Å². The van der Waals surface area contributed by atoms with E-state index in [1.54, 1.807) is 30.2 Å². The van der Waals surface area contributed by atoms with Crippen molar-refractivity contribution in [2.24, 2.45) is 0 Å². The van der Waals surface area contributed by atoms with Gasteiger partial charge in [0.25, 0.3) is 11.5 Å². The highest BCUT2D eigenvalue weighted by molar-refractivity contribution is 7.98. The fourth-order valence-electron chi connectivity index (χ4n) is 3.73. The molecule has 0 aliphatic carbocycles. The lowest BCUT2D eigenvalue weighted by atomic mass is 10.1. The number of benzene rings is 1. The first kappa shape index (κ1) is 21.8. The topological polar surface area (TPSA) is 104 Å². The zero-order chi connectivity index (χ0) is 22.7. The summed E-state index contributed by atoms with van der Waals surface area (Å²) in [6.07, 6.45) is 5.97. The molecular formula is C24H25N5O2S. The molecule has 7 nitrogen and oxygen atoms in total. The highest BCUT2D eigenvalue weighted by atomic mass is 32.2. The van der Waals surface area contributed by atoms with Gasteiger partial charge in [0.05, 0.1) is 22.8 Å². The van der Waals surface area contributed by atoms with Crippen molar-refractivity contribution in [1.82, 2.24) is 25.3 Å². The van der Waals surface area contributed by atoms with Crippen LogP contribution in [0.15, 0.2) is 53.6 Å². The highest BCUT2D eigenvalue weighted by Crippen LogP contribution is 2.25. The van der Waals surface area contributed by atoms with Crippen molar-refractivity contribution in [2.75, 3.05) is 12.0 Å². The number of para-hydroxylation sites is 1. The summed E-state index contributed by atoms with van der Waals surface area (Å²) >= 11 is 1.68. The summed E-state index contributed by atoms with van der Waals surface area (Å²) in [4.78, 5) is 40.6. The molecule has 0 spiro atoms. The molecule has 1 aromatic carbocycles. The number of thioether (sulfide) groups is 1. The maximum atomic E-state index is 13.3. The number of H-pyrrole nitrogens is 2. The maximum Gasteiger partial charge on any atom is 0.253 e. The minimum absolute atomic E-state index is 0.201. The van der Waals surface area contributed by atoms with Crippen molar-refractivity contribution in [1.29, 1.82) is 0 Å². The van der Waals surface area contributed by atoms with Crippen molar-refractivity contribution in [3.05, 3.63) is 81.7 Å². The molecule has 1 amide bonds. The lowest BCUT2D eigenvalue weighted by Gasteiger charge is -2.19. The second kappa shape index (κ2) is 9.40. The molecule has 32 heavy (non-hydrogen) atoms. The molecule has 1 atom stereocenters. The number of hydrogen-bond acceptors (Lipinski definition) is 5. The van der Waals surface area contributed by atoms with Gasteiger partial charge in [-0.05, 0) is 56.0 Å². The molecule has 0 aliphatic heterocycles. The van der Waals surface area contributed by atoms with E-state index in [1.165, 1.54) is 6.07 Å². The van der Waals surface area contributed by atoms with E-state index in [1.807, 2.05) is 44.4 Å². The van der Waals surface area contributed by atoms with Crippen LogP contribution in [0.1, 0.15) is 39.8 Å². The average molecular weight is 448 g/mol. The number of fused-ring (bicyclic) bond motifs is 1. The van der Waals surface area contributed by atoms with Crippen LogP contribution in [0.5, 0.6) is 0 Å². The highest BCUT2D eigenvalue weighted by Gasteiger charge is 2.21. The summed E-state index contributed by atoms with van der Waals surface area (Å²) < 4.78 is 0. The molecule has 0 saturated carbocycles. The van der Waals surface area contributed by atoms with E-state index in [2.05, 4.69) is 25.3 Å². The number of nitrogens with zero attached hydrogens (tertiary/aromatic N) is 2. The van der Waals surface area contributed by atoms with Crippen LogP contribution in [-0.4, -0.2) is 37.9 Å². The van der Waals surface area contributed by atoms with Gasteiger partial charge in [0.2, 0.25) is 0 Å². The average Bonchev–Trinajstić information content (AvgIpc) is 3.10. The van der Waals surface area contributed by atoms with Crippen LogP contribution in [0.25, 0.3) is 22.3 Å². The zero-order valence-corrected chi connectivity index (χ0v) is 19.0. The van der Waals surface area contributed by atoms with Crippen LogP contribution >= 0.6 is 11.8 Å². The molecule has 164 valence electrons. The smallest absolute Gasteiger partial charge is 0.253 e. The standard InChI is InChI=1S/C24H25N5O2S/c1-14-15(2)26-22-17(14)7-4-8-18(22)24(31)28-19(9-11-32-3)20-12-21(30)29-23(27-20)16-6-5-10-25-13-16/h4-8,10,12-13,19,26H,9,11H2,1-3H3,(H,28,31)(H,27,29,30)/t19-/m1/s1. The van der Waals surface area contributed by atoms with Crippen LogP contribution in [0, 0.1) is 13.8 Å². The molecule has 0 saturated heterocycles. The zero-order valence-electron chi connectivity index (χ0n) is 18.2. The van der Waals surface area contributed by atoms with Crippen LogP contribution < -0.4 is 10.9 Å². The molecule has 0 bridgehead atoms. The van der Waals surface area contributed by atoms with Crippen LogP contribution in [0.3, 0.4) is 0 Å². The minimum Gasteiger partial charge on any atom is -0.358 e. The molecule has 0 unspecified atom stereocenters. The summed E-state index contributed by atoms with van der Waals surface area (Å²) in [5.41, 5.74) is 4.53. The van der Waals surface area contributed by atoms with Gasteiger partial charge in [-0.1, -0.05) is 12.1 Å². The third kappa shape index (κ3) is 4.45. The number of rotatable bonds is 7. The largest absolute Gasteiger partial charge is 0.358 e. The fraction of sp³-hybridized carbons (Fsp3) is 0.250.